The first kappa shape index (κ1) is 22.2. The third-order valence-electron chi connectivity index (χ3n) is 3.77. The van der Waals surface area contributed by atoms with Crippen molar-refractivity contribution in [1.29, 1.82) is 0 Å². The quantitative estimate of drug-likeness (QED) is 0.496. The molecule has 0 atom stereocenters. The van der Waals surface area contributed by atoms with Crippen molar-refractivity contribution < 1.29 is 19.1 Å². The van der Waals surface area contributed by atoms with E-state index >= 15 is 0 Å². The molecular weight excluding hydrogens is 390 g/mol. The van der Waals surface area contributed by atoms with E-state index in [1.807, 2.05) is 30.3 Å². The summed E-state index contributed by atoms with van der Waals surface area (Å²) >= 11 is 4.96. The molecule has 2 aromatic rings. The third-order valence-corrected chi connectivity index (χ3v) is 3.98. The van der Waals surface area contributed by atoms with Crippen LogP contribution < -0.4 is 25.6 Å². The van der Waals surface area contributed by atoms with E-state index in [1.165, 1.54) is 5.56 Å². The summed E-state index contributed by atoms with van der Waals surface area (Å²) < 4.78 is 10.7. The molecule has 0 spiro atoms. The summed E-state index contributed by atoms with van der Waals surface area (Å²) in [6, 6.07) is 16.5. The van der Waals surface area contributed by atoms with Gasteiger partial charge in [-0.2, -0.15) is 0 Å². The van der Waals surface area contributed by atoms with Crippen LogP contribution in [0.15, 0.2) is 54.6 Å². The number of hydrogen-bond donors (Lipinski definition) is 3. The van der Waals surface area contributed by atoms with Crippen LogP contribution in [0, 0.1) is 0 Å². The highest BCUT2D eigenvalue weighted by molar-refractivity contribution is 7.80. The molecule has 0 aliphatic carbocycles. The summed E-state index contributed by atoms with van der Waals surface area (Å²) in [5.74, 6) is 0.266. The average molecular weight is 416 g/mol. The van der Waals surface area contributed by atoms with E-state index in [-0.39, 0.29) is 23.7 Å². The summed E-state index contributed by atoms with van der Waals surface area (Å²) in [5.41, 5.74) is 6.00. The lowest BCUT2D eigenvalue weighted by molar-refractivity contribution is -0.124. The zero-order valence-corrected chi connectivity index (χ0v) is 17.5. The molecule has 7 nitrogen and oxygen atoms in total. The van der Waals surface area contributed by atoms with Crippen molar-refractivity contribution >= 4 is 29.1 Å². The molecule has 0 aliphatic rings. The second-order valence-electron chi connectivity index (χ2n) is 7.22. The van der Waals surface area contributed by atoms with E-state index < -0.39 is 11.8 Å². The smallest absolute Gasteiger partial charge is 0.276 e. The van der Waals surface area contributed by atoms with Crippen LogP contribution in [0.3, 0.4) is 0 Å². The number of thiocarbonyl (C=S) groups is 1. The van der Waals surface area contributed by atoms with Crippen molar-refractivity contribution in [3.05, 3.63) is 60.2 Å². The van der Waals surface area contributed by atoms with Gasteiger partial charge in [0.25, 0.3) is 11.8 Å². The van der Waals surface area contributed by atoms with Gasteiger partial charge < -0.3 is 9.47 Å². The van der Waals surface area contributed by atoms with Gasteiger partial charge in [0.2, 0.25) is 0 Å². The van der Waals surface area contributed by atoms with Crippen LogP contribution in [0.25, 0.3) is 0 Å². The van der Waals surface area contributed by atoms with Gasteiger partial charge in [0, 0.05) is 0 Å². The number of para-hydroxylation sites is 1. The van der Waals surface area contributed by atoms with E-state index in [9.17, 15) is 9.59 Å². The molecule has 29 heavy (non-hydrogen) atoms. The fourth-order valence-electron chi connectivity index (χ4n) is 2.22. The molecule has 0 bridgehead atoms. The second kappa shape index (κ2) is 10.4. The third kappa shape index (κ3) is 8.18. The number of ether oxygens (including phenoxy) is 2. The highest BCUT2D eigenvalue weighted by Gasteiger charge is 2.13. The fraction of sp³-hybridized carbons (Fsp3) is 0.286. The molecule has 2 amide bonds. The van der Waals surface area contributed by atoms with Gasteiger partial charge in [-0.1, -0.05) is 51.1 Å². The second-order valence-corrected chi connectivity index (χ2v) is 7.62. The van der Waals surface area contributed by atoms with Crippen molar-refractivity contribution in [2.45, 2.75) is 26.2 Å². The van der Waals surface area contributed by atoms with Gasteiger partial charge in [-0.3, -0.25) is 25.8 Å². The lowest BCUT2D eigenvalue weighted by Crippen LogP contribution is -2.50. The van der Waals surface area contributed by atoms with Crippen LogP contribution in [-0.4, -0.2) is 30.1 Å². The van der Waals surface area contributed by atoms with Gasteiger partial charge in [-0.15, -0.1) is 0 Å². The fourth-order valence-corrected chi connectivity index (χ4v) is 2.39. The highest BCUT2D eigenvalue weighted by atomic mass is 32.1. The number of hydrazine groups is 1. The lowest BCUT2D eigenvalue weighted by Gasteiger charge is -2.19. The number of rotatable bonds is 6. The van der Waals surface area contributed by atoms with Crippen LogP contribution in [0.1, 0.15) is 26.3 Å². The van der Waals surface area contributed by atoms with E-state index in [0.717, 1.165) is 0 Å². The van der Waals surface area contributed by atoms with Gasteiger partial charge >= 0.3 is 0 Å². The van der Waals surface area contributed by atoms with E-state index in [4.69, 9.17) is 21.7 Å². The molecule has 0 fully saturated rings. The van der Waals surface area contributed by atoms with Crippen LogP contribution >= 0.6 is 12.2 Å². The first-order chi connectivity index (χ1) is 13.7. The predicted molar refractivity (Wildman–Crippen MR) is 115 cm³/mol. The van der Waals surface area contributed by atoms with Crippen LogP contribution in [0.4, 0.5) is 0 Å². The maximum atomic E-state index is 11.9. The zero-order chi connectivity index (χ0) is 21.3. The number of carbonyl (C=O) groups excluding carboxylic acids is 2. The summed E-state index contributed by atoms with van der Waals surface area (Å²) in [7, 11) is 0. The van der Waals surface area contributed by atoms with Crippen LogP contribution in [0.5, 0.6) is 11.5 Å². The van der Waals surface area contributed by atoms with Crippen molar-refractivity contribution in [3.63, 3.8) is 0 Å². The average Bonchev–Trinajstić information content (AvgIpc) is 2.69. The summed E-state index contributed by atoms with van der Waals surface area (Å²) in [4.78, 5) is 23.6. The molecule has 0 heterocycles. The summed E-state index contributed by atoms with van der Waals surface area (Å²) in [6.07, 6.45) is 0. The molecule has 3 N–H and O–H groups in total. The molecule has 0 aromatic heterocycles. The molecule has 0 unspecified atom stereocenters. The number of carbonyl (C=O) groups is 2. The Morgan fingerprint density at radius 1 is 0.828 bits per heavy atom. The Morgan fingerprint density at radius 3 is 1.97 bits per heavy atom. The minimum atomic E-state index is -0.447. The molecular formula is C21H25N3O4S. The van der Waals surface area contributed by atoms with E-state index in [0.29, 0.717) is 11.5 Å². The monoisotopic (exact) mass is 415 g/mol. The molecule has 0 aliphatic heterocycles. The van der Waals surface area contributed by atoms with Crippen molar-refractivity contribution in [2.75, 3.05) is 13.2 Å². The maximum absolute atomic E-state index is 11.9. The molecule has 0 saturated heterocycles. The first-order valence-corrected chi connectivity index (χ1v) is 9.45. The van der Waals surface area contributed by atoms with Crippen LogP contribution in [-0.2, 0) is 15.0 Å². The molecule has 0 radical (unpaired) electrons. The van der Waals surface area contributed by atoms with Gasteiger partial charge in [0.1, 0.15) is 11.5 Å². The van der Waals surface area contributed by atoms with Gasteiger partial charge in [0.05, 0.1) is 0 Å². The minimum absolute atomic E-state index is 0.0460. The number of amides is 2. The Morgan fingerprint density at radius 2 is 1.38 bits per heavy atom. The Kier molecular flexibility index (Phi) is 7.97. The zero-order valence-electron chi connectivity index (χ0n) is 16.7. The van der Waals surface area contributed by atoms with E-state index in [1.54, 1.807) is 24.3 Å². The number of nitrogens with one attached hydrogen (secondary N) is 3. The first-order valence-electron chi connectivity index (χ1n) is 9.04. The van der Waals surface area contributed by atoms with Crippen molar-refractivity contribution in [3.8, 4) is 11.5 Å². The Balaban J connectivity index is 1.65. The lowest BCUT2D eigenvalue weighted by atomic mass is 9.87. The molecule has 0 saturated carbocycles. The summed E-state index contributed by atoms with van der Waals surface area (Å²) in [5, 5.41) is 2.37. The number of benzene rings is 2. The van der Waals surface area contributed by atoms with Gasteiger partial charge in [-0.05, 0) is 47.5 Å². The van der Waals surface area contributed by atoms with Gasteiger partial charge in [-0.25, -0.2) is 0 Å². The molecule has 154 valence electrons. The van der Waals surface area contributed by atoms with Crippen LogP contribution in [0.2, 0.25) is 0 Å². The predicted octanol–water partition coefficient (Wildman–Crippen LogP) is 2.46. The molecule has 8 heteroatoms. The normalized spacial score (nSPS) is 10.6. The van der Waals surface area contributed by atoms with Crippen molar-refractivity contribution in [1.82, 2.24) is 16.2 Å². The van der Waals surface area contributed by atoms with Gasteiger partial charge in [0.15, 0.2) is 18.3 Å². The minimum Gasteiger partial charge on any atom is -0.484 e. The van der Waals surface area contributed by atoms with Crippen molar-refractivity contribution in [2.24, 2.45) is 0 Å². The maximum Gasteiger partial charge on any atom is 0.276 e. The highest BCUT2D eigenvalue weighted by Crippen LogP contribution is 2.24. The SMILES string of the molecule is CC(C)(C)c1ccc(OCC(=O)NC(=S)NNC(=O)COc2ccccc2)cc1. The molecule has 2 aromatic carbocycles. The standard InChI is InChI=1S/C21H25N3O4S/c1-21(2,3)15-9-11-17(12-10-15)27-13-18(25)22-20(29)24-23-19(26)14-28-16-7-5-4-6-8-16/h4-12H,13-14H2,1-3H3,(H,23,26)(H2,22,24,25,29). The Bertz CT molecular complexity index is 833. The summed E-state index contributed by atoms with van der Waals surface area (Å²) in [6.45, 7) is 5.97. The molecule has 2 rings (SSSR count). The number of hydrogen-bond acceptors (Lipinski definition) is 5. The topological polar surface area (TPSA) is 88.7 Å². The Hall–Kier alpha value is -3.13. The largest absolute Gasteiger partial charge is 0.484 e. The van der Waals surface area contributed by atoms with E-state index in [2.05, 4.69) is 36.9 Å². The Labute approximate surface area is 175 Å².